The van der Waals surface area contributed by atoms with E-state index in [1.165, 1.54) is 19.1 Å². The number of hydrogen-bond donors (Lipinski definition) is 0. The molecule has 168 valence electrons. The van der Waals surface area contributed by atoms with E-state index in [0.29, 0.717) is 0 Å². The molecule has 0 bridgehead atoms. The second-order valence-corrected chi connectivity index (χ2v) is 7.66. The predicted octanol–water partition coefficient (Wildman–Crippen LogP) is 5.54. The van der Waals surface area contributed by atoms with Crippen LogP contribution in [0.2, 0.25) is 0 Å². The zero-order valence-electron chi connectivity index (χ0n) is 17.2. The minimum Gasteiger partial charge on any atom is -0.493 e. The average molecular weight is 444 g/mol. The number of halogens is 5. The lowest BCUT2D eigenvalue weighted by atomic mass is 9.79. The van der Waals surface area contributed by atoms with Crippen molar-refractivity contribution in [2.24, 2.45) is 5.92 Å². The van der Waals surface area contributed by atoms with E-state index < -0.39 is 53.3 Å². The molecule has 0 aromatic heterocycles. The first-order valence-corrected chi connectivity index (χ1v) is 9.44. The van der Waals surface area contributed by atoms with Gasteiger partial charge in [0.1, 0.15) is 0 Å². The summed E-state index contributed by atoms with van der Waals surface area (Å²) >= 11 is 0. The molecule has 3 rings (SSSR count). The van der Waals surface area contributed by atoms with E-state index in [-0.39, 0.29) is 11.1 Å². The number of alkyl halides is 3. The molecule has 2 aromatic rings. The van der Waals surface area contributed by atoms with Crippen molar-refractivity contribution in [3.8, 4) is 5.75 Å². The van der Waals surface area contributed by atoms with Crippen molar-refractivity contribution in [2.45, 2.75) is 44.8 Å². The zero-order valence-corrected chi connectivity index (χ0v) is 17.2. The van der Waals surface area contributed by atoms with Crippen LogP contribution in [0.3, 0.4) is 0 Å². The minimum absolute atomic E-state index is 0.0939. The lowest BCUT2D eigenvalue weighted by Crippen LogP contribution is -2.47. The summed E-state index contributed by atoms with van der Waals surface area (Å²) in [7, 11) is 1.07. The van der Waals surface area contributed by atoms with Crippen molar-refractivity contribution < 1.29 is 41.0 Å². The third-order valence-electron chi connectivity index (χ3n) is 5.78. The van der Waals surface area contributed by atoms with Gasteiger partial charge in [-0.05, 0) is 32.0 Å². The van der Waals surface area contributed by atoms with Crippen LogP contribution in [0.1, 0.15) is 41.3 Å². The number of ether oxygens (including phenoxy) is 3. The summed E-state index contributed by atoms with van der Waals surface area (Å²) in [6.45, 7) is 3.88. The number of methoxy groups -OCH3 is 1. The van der Waals surface area contributed by atoms with Gasteiger partial charge in [-0.1, -0.05) is 30.7 Å². The van der Waals surface area contributed by atoms with Crippen molar-refractivity contribution >= 4 is 5.97 Å². The standard InChI is InChI=1S/C22H21F5O4/c1-11-5-7-13(8-6-11)19(28)30-20-16(12(2)21(3,31-20)22(25,26)27)14-9-10-15(23)17(24)18(14)29-4/h5-10,12,16,20H,1-4H3/t12-,16-,20+,21+/m0/s1. The molecule has 1 aliphatic heterocycles. The van der Waals surface area contributed by atoms with E-state index in [9.17, 15) is 26.7 Å². The average Bonchev–Trinajstić information content (AvgIpc) is 2.95. The molecule has 0 radical (unpaired) electrons. The zero-order chi connectivity index (χ0) is 23.1. The maximum Gasteiger partial charge on any atom is 0.417 e. The number of benzene rings is 2. The number of esters is 1. The third-order valence-corrected chi connectivity index (χ3v) is 5.78. The monoisotopic (exact) mass is 444 g/mol. The molecule has 31 heavy (non-hydrogen) atoms. The summed E-state index contributed by atoms with van der Waals surface area (Å²) in [6.07, 6.45) is -6.53. The van der Waals surface area contributed by atoms with Crippen LogP contribution in [-0.4, -0.2) is 31.1 Å². The van der Waals surface area contributed by atoms with E-state index >= 15 is 0 Å². The van der Waals surface area contributed by atoms with Gasteiger partial charge in [-0.25, -0.2) is 9.18 Å². The van der Waals surface area contributed by atoms with Gasteiger partial charge in [0.25, 0.3) is 0 Å². The Bertz CT molecular complexity index is 973. The van der Waals surface area contributed by atoms with Crippen molar-refractivity contribution in [3.05, 3.63) is 64.7 Å². The van der Waals surface area contributed by atoms with Crippen LogP contribution in [0.15, 0.2) is 36.4 Å². The van der Waals surface area contributed by atoms with Crippen LogP contribution in [0.25, 0.3) is 0 Å². The highest BCUT2D eigenvalue weighted by molar-refractivity contribution is 5.89. The van der Waals surface area contributed by atoms with Crippen LogP contribution in [0.5, 0.6) is 5.75 Å². The topological polar surface area (TPSA) is 44.8 Å². The number of carbonyl (C=O) groups is 1. The normalized spacial score (nSPS) is 26.0. The predicted molar refractivity (Wildman–Crippen MR) is 101 cm³/mol. The highest BCUT2D eigenvalue weighted by atomic mass is 19.4. The Morgan fingerprint density at radius 2 is 1.71 bits per heavy atom. The molecule has 1 aliphatic rings. The first-order valence-electron chi connectivity index (χ1n) is 9.44. The van der Waals surface area contributed by atoms with E-state index in [1.807, 2.05) is 0 Å². The molecule has 0 N–H and O–H groups in total. The first kappa shape index (κ1) is 23.0. The van der Waals surface area contributed by atoms with Gasteiger partial charge >= 0.3 is 12.1 Å². The summed E-state index contributed by atoms with van der Waals surface area (Å²) in [5.74, 6) is -6.64. The van der Waals surface area contributed by atoms with Crippen molar-refractivity contribution in [1.82, 2.24) is 0 Å². The van der Waals surface area contributed by atoms with E-state index in [0.717, 1.165) is 31.7 Å². The first-order chi connectivity index (χ1) is 14.4. The number of aryl methyl sites for hydroxylation is 1. The lowest BCUT2D eigenvalue weighted by molar-refractivity contribution is -0.291. The highest BCUT2D eigenvalue weighted by Gasteiger charge is 2.65. The summed E-state index contributed by atoms with van der Waals surface area (Å²) in [6, 6.07) is 8.10. The number of carbonyl (C=O) groups excluding carboxylic acids is 1. The molecule has 4 atom stereocenters. The minimum atomic E-state index is -4.82. The van der Waals surface area contributed by atoms with Crippen molar-refractivity contribution in [1.29, 1.82) is 0 Å². The van der Waals surface area contributed by atoms with Gasteiger partial charge in [-0.2, -0.15) is 17.6 Å². The highest BCUT2D eigenvalue weighted by Crippen LogP contribution is 2.55. The van der Waals surface area contributed by atoms with Gasteiger partial charge < -0.3 is 14.2 Å². The van der Waals surface area contributed by atoms with Gasteiger partial charge in [0.15, 0.2) is 17.2 Å². The molecule has 0 amide bonds. The Labute approximate surface area is 175 Å². The SMILES string of the molecule is COc1c([C@H]2[C@H](OC(=O)c3ccc(C)cc3)O[C@@](C)(C(F)(F)F)[C@H]2C)ccc(F)c1F. The van der Waals surface area contributed by atoms with Gasteiger partial charge in [0.2, 0.25) is 12.1 Å². The fraction of sp³-hybridized carbons (Fsp3) is 0.409. The lowest BCUT2D eigenvalue weighted by Gasteiger charge is -2.31. The van der Waals surface area contributed by atoms with E-state index in [1.54, 1.807) is 19.1 Å². The number of hydrogen-bond acceptors (Lipinski definition) is 4. The molecule has 4 nitrogen and oxygen atoms in total. The summed E-state index contributed by atoms with van der Waals surface area (Å²) in [5, 5.41) is 0. The summed E-state index contributed by atoms with van der Waals surface area (Å²) < 4.78 is 85.0. The maximum absolute atomic E-state index is 14.3. The molecule has 1 fully saturated rings. The van der Waals surface area contributed by atoms with Crippen LogP contribution in [-0.2, 0) is 9.47 Å². The molecule has 0 saturated carbocycles. The maximum atomic E-state index is 14.3. The van der Waals surface area contributed by atoms with Gasteiger partial charge in [-0.3, -0.25) is 0 Å². The molecule has 1 heterocycles. The molecule has 0 spiro atoms. The molecule has 0 unspecified atom stereocenters. The molecular weight excluding hydrogens is 423 g/mol. The summed E-state index contributed by atoms with van der Waals surface area (Å²) in [4.78, 5) is 12.6. The largest absolute Gasteiger partial charge is 0.493 e. The fourth-order valence-corrected chi connectivity index (χ4v) is 3.72. The molecule has 0 aliphatic carbocycles. The molecule has 1 saturated heterocycles. The number of rotatable bonds is 4. The fourth-order valence-electron chi connectivity index (χ4n) is 3.72. The van der Waals surface area contributed by atoms with Crippen LogP contribution in [0, 0.1) is 24.5 Å². The Morgan fingerprint density at radius 3 is 2.26 bits per heavy atom. The van der Waals surface area contributed by atoms with E-state index in [4.69, 9.17) is 14.2 Å². The van der Waals surface area contributed by atoms with Gasteiger partial charge in [0.05, 0.1) is 18.6 Å². The molecule has 2 aromatic carbocycles. The third kappa shape index (κ3) is 3.98. The van der Waals surface area contributed by atoms with Crippen LogP contribution < -0.4 is 4.74 Å². The molecule has 9 heteroatoms. The van der Waals surface area contributed by atoms with Gasteiger partial charge in [-0.15, -0.1) is 0 Å². The molecular formula is C22H21F5O4. The second kappa shape index (κ2) is 8.11. The Morgan fingerprint density at radius 1 is 1.10 bits per heavy atom. The Balaban J connectivity index is 2.06. The Hall–Kier alpha value is -2.68. The van der Waals surface area contributed by atoms with Crippen molar-refractivity contribution in [3.63, 3.8) is 0 Å². The van der Waals surface area contributed by atoms with E-state index in [2.05, 4.69) is 0 Å². The smallest absolute Gasteiger partial charge is 0.417 e. The van der Waals surface area contributed by atoms with Crippen LogP contribution >= 0.6 is 0 Å². The Kier molecular flexibility index (Phi) is 6.01. The van der Waals surface area contributed by atoms with Crippen molar-refractivity contribution in [2.75, 3.05) is 7.11 Å². The van der Waals surface area contributed by atoms with Crippen LogP contribution in [0.4, 0.5) is 22.0 Å². The quantitative estimate of drug-likeness (QED) is 0.459. The summed E-state index contributed by atoms with van der Waals surface area (Å²) in [5.41, 5.74) is -1.82. The second-order valence-electron chi connectivity index (χ2n) is 7.66. The van der Waals surface area contributed by atoms with Gasteiger partial charge in [0, 0.05) is 11.5 Å².